The van der Waals surface area contributed by atoms with Crippen LogP contribution >= 0.6 is 15.9 Å². The molecule has 3 rings (SSSR count). The number of imidazole rings is 1. The molecular weight excluding hydrogens is 350 g/mol. The molecule has 0 atom stereocenters. The zero-order chi connectivity index (χ0) is 15.7. The Kier molecular flexibility index (Phi) is 3.84. The Hall–Kier alpha value is -2.35. The summed E-state index contributed by atoms with van der Waals surface area (Å²) < 4.78 is 10.2. The number of halogens is 1. The van der Waals surface area contributed by atoms with E-state index in [0.717, 1.165) is 10.2 Å². The summed E-state index contributed by atoms with van der Waals surface area (Å²) in [6.45, 7) is 0.970. The third-order valence-electron chi connectivity index (χ3n) is 3.24. The van der Waals surface area contributed by atoms with Crippen molar-refractivity contribution in [2.45, 2.75) is 6.54 Å². The Labute approximate surface area is 134 Å². The molecule has 0 aliphatic heterocycles. The molecule has 0 saturated heterocycles. The van der Waals surface area contributed by atoms with Crippen LogP contribution in [-0.4, -0.2) is 21.1 Å². The number of aryl methyl sites for hydroxylation is 1. The lowest BCUT2D eigenvalue weighted by molar-refractivity contribution is -0.647. The van der Waals surface area contributed by atoms with E-state index in [2.05, 4.69) is 25.9 Å². The normalized spacial score (nSPS) is 11.0. The summed E-state index contributed by atoms with van der Waals surface area (Å²) in [5, 5.41) is 0. The third-order valence-corrected chi connectivity index (χ3v) is 3.77. The van der Waals surface area contributed by atoms with Crippen molar-refractivity contribution in [3.63, 3.8) is 0 Å². The van der Waals surface area contributed by atoms with Gasteiger partial charge in [-0.3, -0.25) is 14.3 Å². The number of aromatic nitrogens is 4. The van der Waals surface area contributed by atoms with E-state index >= 15 is 0 Å². The summed E-state index contributed by atoms with van der Waals surface area (Å²) in [5.74, 6) is 0.886. The van der Waals surface area contributed by atoms with Gasteiger partial charge in [-0.2, -0.15) is 0 Å². The average molecular weight is 365 g/mol. The number of fused-ring (bicyclic) bond motifs is 1. The van der Waals surface area contributed by atoms with Gasteiger partial charge in [-0.25, -0.2) is 4.57 Å². The number of aromatic amines is 1. The first-order chi connectivity index (χ1) is 10.5. The number of nitrogens with two attached hydrogens (primary N) is 1. The van der Waals surface area contributed by atoms with E-state index in [9.17, 15) is 4.79 Å². The third kappa shape index (κ3) is 2.82. The molecule has 0 saturated carbocycles. The van der Waals surface area contributed by atoms with E-state index in [1.54, 1.807) is 15.5 Å². The quantitative estimate of drug-likeness (QED) is 0.675. The minimum atomic E-state index is -0.258. The van der Waals surface area contributed by atoms with Crippen molar-refractivity contribution in [1.82, 2.24) is 14.5 Å². The SMILES string of the molecule is C[n+]1cn(CCOc2ccc(Br)cc2)c2c(=O)[nH]c(N)nc21. The molecule has 0 bridgehead atoms. The number of nitrogens with one attached hydrogen (secondary N) is 1. The van der Waals surface area contributed by atoms with Gasteiger partial charge >= 0.3 is 5.65 Å². The largest absolute Gasteiger partial charge is 0.490 e. The number of nitrogens with zero attached hydrogens (tertiary/aromatic N) is 3. The van der Waals surface area contributed by atoms with Crippen LogP contribution in [-0.2, 0) is 13.6 Å². The van der Waals surface area contributed by atoms with Crippen LogP contribution in [0, 0.1) is 0 Å². The van der Waals surface area contributed by atoms with Gasteiger partial charge in [0.05, 0.1) is 7.05 Å². The molecular formula is C14H15BrN5O2+. The maximum Gasteiger partial charge on any atom is 0.311 e. The Morgan fingerprint density at radius 2 is 2.14 bits per heavy atom. The first-order valence-corrected chi connectivity index (χ1v) is 7.46. The lowest BCUT2D eigenvalue weighted by atomic mass is 10.3. The van der Waals surface area contributed by atoms with Gasteiger partial charge in [0.25, 0.3) is 11.5 Å². The lowest BCUT2D eigenvalue weighted by Gasteiger charge is -2.05. The van der Waals surface area contributed by atoms with Crippen molar-refractivity contribution in [1.29, 1.82) is 0 Å². The fraction of sp³-hybridized carbons (Fsp3) is 0.214. The van der Waals surface area contributed by atoms with E-state index in [1.165, 1.54) is 0 Å². The highest BCUT2D eigenvalue weighted by Crippen LogP contribution is 2.16. The highest BCUT2D eigenvalue weighted by Gasteiger charge is 2.19. The molecule has 0 aliphatic carbocycles. The highest BCUT2D eigenvalue weighted by atomic mass is 79.9. The molecule has 0 fully saturated rings. The number of ether oxygens (including phenoxy) is 1. The molecule has 2 heterocycles. The van der Waals surface area contributed by atoms with Crippen LogP contribution in [0.4, 0.5) is 5.95 Å². The Balaban J connectivity index is 1.80. The molecule has 0 spiro atoms. The second-order valence-electron chi connectivity index (χ2n) is 4.85. The van der Waals surface area contributed by atoms with Crippen LogP contribution in [0.3, 0.4) is 0 Å². The first kappa shape index (κ1) is 14.6. The van der Waals surface area contributed by atoms with Gasteiger partial charge in [0.2, 0.25) is 5.52 Å². The van der Waals surface area contributed by atoms with Gasteiger partial charge in [-0.1, -0.05) is 20.9 Å². The molecule has 0 aliphatic rings. The average Bonchev–Trinajstić information content (AvgIpc) is 2.78. The van der Waals surface area contributed by atoms with Gasteiger partial charge in [0, 0.05) is 4.47 Å². The van der Waals surface area contributed by atoms with Crippen molar-refractivity contribution in [3.05, 3.63) is 45.4 Å². The number of H-pyrrole nitrogens is 1. The molecule has 1 aromatic carbocycles. The molecule has 0 amide bonds. The van der Waals surface area contributed by atoms with Crippen LogP contribution in [0.15, 0.2) is 39.9 Å². The number of benzene rings is 1. The van der Waals surface area contributed by atoms with Crippen LogP contribution in [0.1, 0.15) is 0 Å². The van der Waals surface area contributed by atoms with Crippen molar-refractivity contribution < 1.29 is 9.30 Å². The van der Waals surface area contributed by atoms with Gasteiger partial charge in [-0.15, -0.1) is 0 Å². The number of rotatable bonds is 4. The molecule has 2 aromatic heterocycles. The van der Waals surface area contributed by atoms with Gasteiger partial charge in [-0.05, 0) is 24.3 Å². The van der Waals surface area contributed by atoms with Crippen LogP contribution in [0.2, 0.25) is 0 Å². The predicted octanol–water partition coefficient (Wildman–Crippen LogP) is 0.973. The standard InChI is InChI=1S/C14H14BrN5O2/c1-19-8-20(11-12(19)17-14(16)18-13(11)21)6-7-22-10-4-2-9(15)3-5-10/h2-5,8H,6-7H2,1H3,(H2-,16,17,18,21)/p+1. The van der Waals surface area contributed by atoms with Crippen LogP contribution in [0.25, 0.3) is 11.2 Å². The van der Waals surface area contributed by atoms with Crippen molar-refractivity contribution in [3.8, 4) is 5.75 Å². The van der Waals surface area contributed by atoms with Gasteiger partial charge in [0.15, 0.2) is 6.33 Å². The molecule has 3 N–H and O–H groups in total. The fourth-order valence-corrected chi connectivity index (χ4v) is 2.52. The predicted molar refractivity (Wildman–Crippen MR) is 85.6 cm³/mol. The zero-order valence-corrected chi connectivity index (χ0v) is 13.5. The fourth-order valence-electron chi connectivity index (χ4n) is 2.26. The number of hydrogen-bond donors (Lipinski definition) is 2. The molecule has 22 heavy (non-hydrogen) atoms. The van der Waals surface area contributed by atoms with Gasteiger partial charge in [0.1, 0.15) is 18.9 Å². The number of hydrogen-bond acceptors (Lipinski definition) is 4. The minimum Gasteiger partial charge on any atom is -0.490 e. The molecule has 8 heteroatoms. The number of nitrogen functional groups attached to an aromatic ring is 1. The molecule has 7 nitrogen and oxygen atoms in total. The Morgan fingerprint density at radius 3 is 2.86 bits per heavy atom. The molecule has 0 unspecified atom stereocenters. The second kappa shape index (κ2) is 5.80. The first-order valence-electron chi connectivity index (χ1n) is 6.67. The lowest BCUT2D eigenvalue weighted by Crippen LogP contribution is -2.27. The van der Waals surface area contributed by atoms with Gasteiger partial charge < -0.3 is 10.5 Å². The van der Waals surface area contributed by atoms with Crippen LogP contribution in [0.5, 0.6) is 5.75 Å². The Morgan fingerprint density at radius 1 is 1.41 bits per heavy atom. The van der Waals surface area contributed by atoms with Crippen LogP contribution < -0.4 is 20.6 Å². The molecule has 114 valence electrons. The van der Waals surface area contributed by atoms with Crippen molar-refractivity contribution >= 4 is 33.0 Å². The Bertz CT molecular complexity index is 869. The summed E-state index contributed by atoms with van der Waals surface area (Å²) in [6, 6.07) is 7.59. The van der Waals surface area contributed by atoms with E-state index < -0.39 is 0 Å². The van der Waals surface area contributed by atoms with E-state index in [-0.39, 0.29) is 11.5 Å². The monoisotopic (exact) mass is 364 g/mol. The maximum absolute atomic E-state index is 12.0. The summed E-state index contributed by atoms with van der Waals surface area (Å²) in [5.41, 5.74) is 6.34. The smallest absolute Gasteiger partial charge is 0.311 e. The summed E-state index contributed by atoms with van der Waals surface area (Å²) in [4.78, 5) is 18.7. The minimum absolute atomic E-state index is 0.108. The highest BCUT2D eigenvalue weighted by molar-refractivity contribution is 9.10. The van der Waals surface area contributed by atoms with Crippen molar-refractivity contribution in [2.24, 2.45) is 7.05 Å². The summed E-state index contributed by atoms with van der Waals surface area (Å²) >= 11 is 3.38. The van der Waals surface area contributed by atoms with E-state index in [4.69, 9.17) is 10.5 Å². The zero-order valence-electron chi connectivity index (χ0n) is 11.9. The molecule has 0 radical (unpaired) electrons. The summed E-state index contributed by atoms with van der Waals surface area (Å²) in [7, 11) is 1.82. The van der Waals surface area contributed by atoms with Crippen molar-refractivity contribution in [2.75, 3.05) is 12.3 Å². The molecule has 3 aromatic rings. The van der Waals surface area contributed by atoms with E-state index in [1.807, 2.05) is 31.3 Å². The van der Waals surface area contributed by atoms with E-state index in [0.29, 0.717) is 24.3 Å². The second-order valence-corrected chi connectivity index (χ2v) is 5.76. The summed E-state index contributed by atoms with van der Waals surface area (Å²) in [6.07, 6.45) is 1.80. The maximum atomic E-state index is 12.0. The topological polar surface area (TPSA) is 89.8 Å². The number of anilines is 1.